The predicted molar refractivity (Wildman–Crippen MR) is 73.5 cm³/mol. The molecule has 1 aromatic rings. The van der Waals surface area contributed by atoms with E-state index in [1.165, 1.54) is 0 Å². The van der Waals surface area contributed by atoms with Gasteiger partial charge in [-0.15, -0.1) is 0 Å². The van der Waals surface area contributed by atoms with Crippen molar-refractivity contribution in [1.29, 1.82) is 0 Å². The first-order valence-corrected chi connectivity index (χ1v) is 6.68. The molecule has 1 amide bonds. The molecule has 19 heavy (non-hydrogen) atoms. The highest BCUT2D eigenvalue weighted by atomic mass is 35.5. The molecule has 0 spiro atoms. The van der Waals surface area contributed by atoms with Crippen molar-refractivity contribution in [2.75, 3.05) is 20.8 Å². The van der Waals surface area contributed by atoms with Gasteiger partial charge < -0.3 is 14.4 Å². The van der Waals surface area contributed by atoms with E-state index in [4.69, 9.17) is 21.1 Å². The Morgan fingerprint density at radius 2 is 2.37 bits per heavy atom. The summed E-state index contributed by atoms with van der Waals surface area (Å²) in [5.74, 6) is 0.746. The van der Waals surface area contributed by atoms with Crippen molar-refractivity contribution < 1.29 is 14.3 Å². The lowest BCUT2D eigenvalue weighted by atomic mass is 10.1. The zero-order valence-corrected chi connectivity index (χ0v) is 11.9. The van der Waals surface area contributed by atoms with Gasteiger partial charge in [0.05, 0.1) is 7.11 Å². The zero-order valence-electron chi connectivity index (χ0n) is 11.2. The molecule has 0 saturated carbocycles. The van der Waals surface area contributed by atoms with Crippen LogP contribution in [0.1, 0.15) is 18.4 Å². The third-order valence-electron chi connectivity index (χ3n) is 3.23. The highest BCUT2D eigenvalue weighted by Crippen LogP contribution is 2.24. The van der Waals surface area contributed by atoms with Crippen molar-refractivity contribution in [1.82, 2.24) is 4.90 Å². The molecule has 1 aliphatic rings. The topological polar surface area (TPSA) is 38.8 Å². The highest BCUT2D eigenvalue weighted by molar-refractivity contribution is 6.30. The molecule has 4 nitrogen and oxygen atoms in total. The lowest BCUT2D eigenvalue weighted by Crippen LogP contribution is -2.35. The number of carbonyl (C=O) groups is 1. The summed E-state index contributed by atoms with van der Waals surface area (Å²) in [7, 11) is 3.37. The third-order valence-corrected chi connectivity index (χ3v) is 3.47. The molecule has 0 radical (unpaired) electrons. The fourth-order valence-electron chi connectivity index (χ4n) is 2.22. The first-order chi connectivity index (χ1) is 9.11. The minimum atomic E-state index is -0.296. The Bertz CT molecular complexity index is 458. The van der Waals surface area contributed by atoms with Crippen LogP contribution in [-0.2, 0) is 16.1 Å². The van der Waals surface area contributed by atoms with E-state index in [-0.39, 0.29) is 12.0 Å². The monoisotopic (exact) mass is 283 g/mol. The molecule has 1 atom stereocenters. The summed E-state index contributed by atoms with van der Waals surface area (Å²) in [5.41, 5.74) is 0.892. The number of rotatable bonds is 4. The number of ether oxygens (including phenoxy) is 2. The van der Waals surface area contributed by atoms with E-state index in [9.17, 15) is 4.79 Å². The van der Waals surface area contributed by atoms with Crippen molar-refractivity contribution in [3.63, 3.8) is 0 Å². The molecule has 1 aliphatic heterocycles. The Morgan fingerprint density at radius 1 is 1.58 bits per heavy atom. The molecule has 1 saturated heterocycles. The summed E-state index contributed by atoms with van der Waals surface area (Å²) in [6.07, 6.45) is 1.45. The second kappa shape index (κ2) is 6.26. The SMILES string of the molecule is COc1ccc(Cl)cc1CN(C)C(=O)C1CCCO1. The fourth-order valence-corrected chi connectivity index (χ4v) is 2.42. The van der Waals surface area contributed by atoms with E-state index in [1.54, 1.807) is 25.1 Å². The minimum Gasteiger partial charge on any atom is -0.496 e. The standard InChI is InChI=1S/C14H18ClNO3/c1-16(14(17)13-4-3-7-19-13)9-10-8-11(15)5-6-12(10)18-2/h5-6,8,13H,3-4,7,9H2,1-2H3. The van der Waals surface area contributed by atoms with Crippen molar-refractivity contribution in [2.45, 2.75) is 25.5 Å². The van der Waals surface area contributed by atoms with Crippen LogP contribution >= 0.6 is 11.6 Å². The summed E-state index contributed by atoms with van der Waals surface area (Å²) >= 11 is 5.98. The summed E-state index contributed by atoms with van der Waals surface area (Å²) in [5, 5.41) is 0.633. The lowest BCUT2D eigenvalue weighted by molar-refractivity contribution is -0.140. The van der Waals surface area contributed by atoms with Crippen LogP contribution in [0.5, 0.6) is 5.75 Å². The molecular weight excluding hydrogens is 266 g/mol. The van der Waals surface area contributed by atoms with E-state index in [0.717, 1.165) is 24.2 Å². The van der Waals surface area contributed by atoms with Crippen LogP contribution in [0.3, 0.4) is 0 Å². The Labute approximate surface area is 118 Å². The van der Waals surface area contributed by atoms with Gasteiger partial charge in [-0.2, -0.15) is 0 Å². The second-order valence-electron chi connectivity index (χ2n) is 4.65. The number of nitrogens with zero attached hydrogens (tertiary/aromatic N) is 1. The van der Waals surface area contributed by atoms with Crippen molar-refractivity contribution in [2.24, 2.45) is 0 Å². The molecule has 0 aliphatic carbocycles. The third kappa shape index (κ3) is 3.39. The maximum Gasteiger partial charge on any atom is 0.251 e. The van der Waals surface area contributed by atoms with Crippen molar-refractivity contribution >= 4 is 17.5 Å². The van der Waals surface area contributed by atoms with Crippen LogP contribution in [0.2, 0.25) is 5.02 Å². The molecule has 1 fully saturated rings. The van der Waals surface area contributed by atoms with Gasteiger partial charge >= 0.3 is 0 Å². The summed E-state index contributed by atoms with van der Waals surface area (Å²) < 4.78 is 10.7. The molecule has 1 heterocycles. The number of methoxy groups -OCH3 is 1. The zero-order chi connectivity index (χ0) is 13.8. The fraction of sp³-hybridized carbons (Fsp3) is 0.500. The van der Waals surface area contributed by atoms with Gasteiger partial charge in [0, 0.05) is 30.8 Å². The highest BCUT2D eigenvalue weighted by Gasteiger charge is 2.26. The molecule has 0 N–H and O–H groups in total. The van der Waals surface area contributed by atoms with Crippen molar-refractivity contribution in [3.05, 3.63) is 28.8 Å². The molecule has 1 unspecified atom stereocenters. The van der Waals surface area contributed by atoms with Gasteiger partial charge in [0.25, 0.3) is 5.91 Å². The molecule has 2 rings (SSSR count). The van der Waals surface area contributed by atoms with Gasteiger partial charge in [0.15, 0.2) is 0 Å². The quantitative estimate of drug-likeness (QED) is 0.852. The Morgan fingerprint density at radius 3 is 3.00 bits per heavy atom. The van der Waals surface area contributed by atoms with Gasteiger partial charge in [-0.1, -0.05) is 11.6 Å². The number of likely N-dealkylation sites (N-methyl/N-ethyl adjacent to an activating group) is 1. The summed E-state index contributed by atoms with van der Waals surface area (Å²) in [4.78, 5) is 13.8. The van der Waals surface area contributed by atoms with E-state index in [0.29, 0.717) is 18.2 Å². The molecule has 5 heteroatoms. The Hall–Kier alpha value is -1.26. The van der Waals surface area contributed by atoms with Crippen LogP contribution in [0.15, 0.2) is 18.2 Å². The summed E-state index contributed by atoms with van der Waals surface area (Å²) in [6, 6.07) is 5.40. The van der Waals surface area contributed by atoms with E-state index < -0.39 is 0 Å². The first-order valence-electron chi connectivity index (χ1n) is 6.31. The van der Waals surface area contributed by atoms with Crippen LogP contribution < -0.4 is 4.74 Å². The number of amides is 1. The van der Waals surface area contributed by atoms with Crippen LogP contribution in [0.4, 0.5) is 0 Å². The van der Waals surface area contributed by atoms with E-state index >= 15 is 0 Å². The van der Waals surface area contributed by atoms with Crippen LogP contribution in [-0.4, -0.2) is 37.7 Å². The Kier molecular flexibility index (Phi) is 4.66. The number of hydrogen-bond acceptors (Lipinski definition) is 3. The average molecular weight is 284 g/mol. The number of benzene rings is 1. The minimum absolute atomic E-state index is 0.0135. The maximum atomic E-state index is 12.2. The molecular formula is C14H18ClNO3. The molecule has 0 bridgehead atoms. The van der Waals surface area contributed by atoms with E-state index in [1.807, 2.05) is 12.1 Å². The smallest absolute Gasteiger partial charge is 0.251 e. The predicted octanol–water partition coefficient (Wildman–Crippen LogP) is 2.49. The maximum absolute atomic E-state index is 12.2. The molecule has 1 aromatic carbocycles. The summed E-state index contributed by atoms with van der Waals surface area (Å²) in [6.45, 7) is 1.13. The molecule has 0 aromatic heterocycles. The van der Waals surface area contributed by atoms with Crippen molar-refractivity contribution in [3.8, 4) is 5.75 Å². The van der Waals surface area contributed by atoms with Gasteiger partial charge in [0.1, 0.15) is 11.9 Å². The van der Waals surface area contributed by atoms with Gasteiger partial charge in [-0.05, 0) is 31.0 Å². The van der Waals surface area contributed by atoms with Crippen LogP contribution in [0.25, 0.3) is 0 Å². The van der Waals surface area contributed by atoms with Gasteiger partial charge in [0.2, 0.25) is 0 Å². The van der Waals surface area contributed by atoms with Gasteiger partial charge in [-0.3, -0.25) is 4.79 Å². The van der Waals surface area contributed by atoms with E-state index in [2.05, 4.69) is 0 Å². The van der Waals surface area contributed by atoms with Crippen LogP contribution in [0, 0.1) is 0 Å². The number of halogens is 1. The lowest BCUT2D eigenvalue weighted by Gasteiger charge is -2.21. The molecule has 104 valence electrons. The van der Waals surface area contributed by atoms with Gasteiger partial charge in [-0.25, -0.2) is 0 Å². The number of hydrogen-bond donors (Lipinski definition) is 0. The first kappa shape index (κ1) is 14.2. The number of carbonyl (C=O) groups excluding carboxylic acids is 1. The average Bonchev–Trinajstić information content (AvgIpc) is 2.92. The second-order valence-corrected chi connectivity index (χ2v) is 5.09. The Balaban J connectivity index is 2.07. The normalized spacial score (nSPS) is 18.4. The largest absolute Gasteiger partial charge is 0.496 e.